The van der Waals surface area contributed by atoms with E-state index in [1.807, 2.05) is 16.4 Å². The smallest absolute Gasteiger partial charge is 0.368 e. The van der Waals surface area contributed by atoms with Gasteiger partial charge in [0, 0.05) is 32.4 Å². The van der Waals surface area contributed by atoms with E-state index in [2.05, 4.69) is 15.2 Å². The van der Waals surface area contributed by atoms with Gasteiger partial charge in [-0.3, -0.25) is 9.88 Å². The molecular formula is C15H18F3N5O. The highest BCUT2D eigenvalue weighted by atomic mass is 19.4. The van der Waals surface area contributed by atoms with Crippen molar-refractivity contribution in [3.63, 3.8) is 0 Å². The molecule has 130 valence electrons. The van der Waals surface area contributed by atoms with Crippen molar-refractivity contribution in [2.75, 3.05) is 19.7 Å². The second-order valence-electron chi connectivity index (χ2n) is 5.57. The lowest BCUT2D eigenvalue weighted by Crippen LogP contribution is -2.39. The molecule has 0 saturated carbocycles. The van der Waals surface area contributed by atoms with Crippen molar-refractivity contribution in [3.05, 3.63) is 41.7 Å². The Morgan fingerprint density at radius 3 is 2.96 bits per heavy atom. The molecule has 6 nitrogen and oxygen atoms in total. The Balaban J connectivity index is 1.75. The summed E-state index contributed by atoms with van der Waals surface area (Å²) in [5, 5.41) is 7.95. The molecule has 1 atom stereocenters. The van der Waals surface area contributed by atoms with Gasteiger partial charge in [0.15, 0.2) is 5.82 Å². The molecule has 0 N–H and O–H groups in total. The van der Waals surface area contributed by atoms with Crippen molar-refractivity contribution in [2.24, 2.45) is 0 Å². The number of aryl methyl sites for hydroxylation is 1. The molecule has 24 heavy (non-hydrogen) atoms. The van der Waals surface area contributed by atoms with Crippen LogP contribution in [-0.4, -0.2) is 44.3 Å². The Morgan fingerprint density at radius 1 is 1.38 bits per heavy atom. The Hall–Kier alpha value is -2.00. The molecule has 3 rings (SSSR count). The zero-order valence-corrected chi connectivity index (χ0v) is 13.2. The van der Waals surface area contributed by atoms with Crippen LogP contribution in [0.4, 0.5) is 13.2 Å². The summed E-state index contributed by atoms with van der Waals surface area (Å²) in [6.07, 6.45) is -1.70. The standard InChI is InChI=1S/C15H18F3N5O/c1-2-23-10-20-21-14(23)13-9-22(6-7-24-13)8-12-11(15(16,17)18)4-3-5-19-12/h3-5,10,13H,2,6-9H2,1H3/t13-/m0/s1. The van der Waals surface area contributed by atoms with E-state index in [0.29, 0.717) is 32.1 Å². The summed E-state index contributed by atoms with van der Waals surface area (Å²) in [5.41, 5.74) is -0.660. The molecule has 1 fully saturated rings. The minimum Gasteiger partial charge on any atom is -0.368 e. The van der Waals surface area contributed by atoms with Gasteiger partial charge in [-0.1, -0.05) is 0 Å². The quantitative estimate of drug-likeness (QED) is 0.854. The molecule has 9 heteroatoms. The Kier molecular flexibility index (Phi) is 4.81. The van der Waals surface area contributed by atoms with Crippen LogP contribution in [0.5, 0.6) is 0 Å². The minimum atomic E-state index is -4.41. The average molecular weight is 341 g/mol. The maximum Gasteiger partial charge on any atom is 0.418 e. The molecule has 0 aliphatic carbocycles. The number of aromatic nitrogens is 4. The molecule has 1 aliphatic rings. The predicted octanol–water partition coefficient (Wildman–Crippen LogP) is 2.29. The number of nitrogens with zero attached hydrogens (tertiary/aromatic N) is 5. The highest BCUT2D eigenvalue weighted by Crippen LogP contribution is 2.32. The molecule has 2 aromatic heterocycles. The maximum absolute atomic E-state index is 13.1. The van der Waals surface area contributed by atoms with Gasteiger partial charge in [0.1, 0.15) is 12.4 Å². The van der Waals surface area contributed by atoms with Crippen LogP contribution < -0.4 is 0 Å². The maximum atomic E-state index is 13.1. The molecule has 0 unspecified atom stereocenters. The number of halogens is 3. The van der Waals surface area contributed by atoms with Gasteiger partial charge in [-0.2, -0.15) is 13.2 Å². The van der Waals surface area contributed by atoms with E-state index in [9.17, 15) is 13.2 Å². The molecule has 0 aromatic carbocycles. The van der Waals surface area contributed by atoms with E-state index in [0.717, 1.165) is 6.07 Å². The molecule has 0 spiro atoms. The number of ether oxygens (including phenoxy) is 1. The van der Waals surface area contributed by atoms with Crippen molar-refractivity contribution in [1.29, 1.82) is 0 Å². The van der Waals surface area contributed by atoms with Crippen molar-refractivity contribution in [3.8, 4) is 0 Å². The summed E-state index contributed by atoms with van der Waals surface area (Å²) in [6, 6.07) is 2.37. The van der Waals surface area contributed by atoms with Crippen molar-refractivity contribution >= 4 is 0 Å². The third-order valence-corrected chi connectivity index (χ3v) is 3.99. The van der Waals surface area contributed by atoms with Crippen LogP contribution in [0, 0.1) is 0 Å². The molecule has 0 radical (unpaired) electrons. The summed E-state index contributed by atoms with van der Waals surface area (Å²) in [4.78, 5) is 5.83. The number of hydrogen-bond donors (Lipinski definition) is 0. The second kappa shape index (κ2) is 6.86. The fraction of sp³-hybridized carbons (Fsp3) is 0.533. The third kappa shape index (κ3) is 3.57. The highest BCUT2D eigenvalue weighted by molar-refractivity contribution is 5.23. The Labute approximate surface area is 137 Å². The predicted molar refractivity (Wildman–Crippen MR) is 78.9 cm³/mol. The van der Waals surface area contributed by atoms with Crippen molar-refractivity contribution in [2.45, 2.75) is 32.3 Å². The van der Waals surface area contributed by atoms with E-state index in [1.165, 1.54) is 12.3 Å². The molecule has 2 aromatic rings. The van der Waals surface area contributed by atoms with Gasteiger partial charge in [0.2, 0.25) is 0 Å². The summed E-state index contributed by atoms with van der Waals surface area (Å²) >= 11 is 0. The fourth-order valence-corrected chi connectivity index (χ4v) is 2.79. The van der Waals surface area contributed by atoms with E-state index < -0.39 is 11.7 Å². The molecule has 1 saturated heterocycles. The van der Waals surface area contributed by atoms with E-state index in [1.54, 1.807) is 6.33 Å². The Morgan fingerprint density at radius 2 is 2.21 bits per heavy atom. The highest BCUT2D eigenvalue weighted by Gasteiger charge is 2.35. The van der Waals surface area contributed by atoms with Crippen molar-refractivity contribution < 1.29 is 17.9 Å². The molecular weight excluding hydrogens is 323 g/mol. The molecule has 0 amide bonds. The largest absolute Gasteiger partial charge is 0.418 e. The SMILES string of the molecule is CCn1cnnc1[C@@H]1CN(Cc2ncccc2C(F)(F)F)CCO1. The zero-order valence-electron chi connectivity index (χ0n) is 13.2. The summed E-state index contributed by atoms with van der Waals surface area (Å²) < 4.78 is 46.9. The van der Waals surface area contributed by atoms with Gasteiger partial charge in [-0.15, -0.1) is 10.2 Å². The topological polar surface area (TPSA) is 56.1 Å². The first-order valence-corrected chi connectivity index (χ1v) is 7.71. The Bertz CT molecular complexity index is 688. The zero-order chi connectivity index (χ0) is 17.2. The number of hydrogen-bond acceptors (Lipinski definition) is 5. The first-order chi connectivity index (χ1) is 11.5. The number of rotatable bonds is 4. The lowest BCUT2D eigenvalue weighted by molar-refractivity contribution is -0.139. The monoisotopic (exact) mass is 341 g/mol. The summed E-state index contributed by atoms with van der Waals surface area (Å²) in [5.74, 6) is 0.694. The van der Waals surface area contributed by atoms with Gasteiger partial charge < -0.3 is 9.30 Å². The molecule has 1 aliphatic heterocycles. The van der Waals surface area contributed by atoms with E-state index in [-0.39, 0.29) is 18.3 Å². The van der Waals surface area contributed by atoms with Gasteiger partial charge in [0.05, 0.1) is 17.9 Å². The number of pyridine rings is 1. The molecule has 0 bridgehead atoms. The second-order valence-corrected chi connectivity index (χ2v) is 5.57. The normalized spacial score (nSPS) is 19.6. The fourth-order valence-electron chi connectivity index (χ4n) is 2.79. The van der Waals surface area contributed by atoms with Crippen LogP contribution in [0.25, 0.3) is 0 Å². The van der Waals surface area contributed by atoms with Crippen LogP contribution in [0.15, 0.2) is 24.7 Å². The first kappa shape index (κ1) is 16.8. The average Bonchev–Trinajstić information content (AvgIpc) is 3.03. The summed E-state index contributed by atoms with van der Waals surface area (Å²) in [7, 11) is 0. The molecule has 3 heterocycles. The number of alkyl halides is 3. The van der Waals surface area contributed by atoms with Crippen LogP contribution in [0.1, 0.15) is 30.1 Å². The summed E-state index contributed by atoms with van der Waals surface area (Å²) in [6.45, 7) is 4.22. The van der Waals surface area contributed by atoms with Gasteiger partial charge >= 0.3 is 6.18 Å². The number of morpholine rings is 1. The van der Waals surface area contributed by atoms with Crippen molar-refractivity contribution in [1.82, 2.24) is 24.6 Å². The first-order valence-electron chi connectivity index (χ1n) is 7.71. The van der Waals surface area contributed by atoms with Gasteiger partial charge in [-0.25, -0.2) is 0 Å². The van der Waals surface area contributed by atoms with Gasteiger partial charge in [0.25, 0.3) is 0 Å². The third-order valence-electron chi connectivity index (χ3n) is 3.99. The van der Waals surface area contributed by atoms with Crippen LogP contribution in [0.2, 0.25) is 0 Å². The lowest BCUT2D eigenvalue weighted by atomic mass is 10.1. The van der Waals surface area contributed by atoms with Gasteiger partial charge in [-0.05, 0) is 19.1 Å². The minimum absolute atomic E-state index is 0.0302. The van der Waals surface area contributed by atoms with Crippen LogP contribution in [0.3, 0.4) is 0 Å². The van der Waals surface area contributed by atoms with Crippen LogP contribution >= 0.6 is 0 Å². The lowest BCUT2D eigenvalue weighted by Gasteiger charge is -2.32. The van der Waals surface area contributed by atoms with E-state index in [4.69, 9.17) is 4.74 Å². The van der Waals surface area contributed by atoms with Crippen LogP contribution in [-0.2, 0) is 24.0 Å². The van der Waals surface area contributed by atoms with E-state index >= 15 is 0 Å².